The Bertz CT molecular complexity index is 1010. The number of aliphatic hydroxyl groups is 2. The maximum Gasteiger partial charge on any atom is 0.141 e. The van der Waals surface area contributed by atoms with E-state index in [1.165, 1.54) is 0 Å². The number of nitrogens with one attached hydrogen (secondary N) is 1. The van der Waals surface area contributed by atoms with Gasteiger partial charge in [-0.3, -0.25) is 5.32 Å². The van der Waals surface area contributed by atoms with Gasteiger partial charge in [-0.05, 0) is 70.1 Å². The highest BCUT2D eigenvalue weighted by Crippen LogP contribution is 2.38. The van der Waals surface area contributed by atoms with Crippen LogP contribution in [0.4, 0.5) is 0 Å². The number of hydrogen-bond donors (Lipinski definition) is 3. The molecule has 1 aromatic carbocycles. The third-order valence-electron chi connectivity index (χ3n) is 6.50. The number of nitrogens with zero attached hydrogens (tertiary/aromatic N) is 3. The number of imidazole rings is 1. The van der Waals surface area contributed by atoms with E-state index in [9.17, 15) is 10.2 Å². The highest BCUT2D eigenvalue weighted by Gasteiger charge is 2.31. The number of hydrogen-bond acceptors (Lipinski definition) is 6. The second-order valence-electron chi connectivity index (χ2n) is 8.52. The molecule has 2 fully saturated rings. The van der Waals surface area contributed by atoms with Gasteiger partial charge < -0.3 is 19.3 Å². The summed E-state index contributed by atoms with van der Waals surface area (Å²) in [4.78, 5) is 5.03. The quantitative estimate of drug-likeness (QED) is 0.627. The topological polar surface area (TPSA) is 96.3 Å². The van der Waals surface area contributed by atoms with Crippen LogP contribution in [-0.2, 0) is 0 Å². The Morgan fingerprint density at radius 1 is 1.07 bits per heavy atom. The zero-order valence-corrected chi connectivity index (χ0v) is 16.9. The van der Waals surface area contributed by atoms with Gasteiger partial charge in [-0.25, -0.2) is 4.98 Å². The van der Waals surface area contributed by atoms with Crippen molar-refractivity contribution in [1.29, 1.82) is 0 Å². The molecule has 154 valence electrons. The van der Waals surface area contributed by atoms with Crippen molar-refractivity contribution < 1.29 is 14.7 Å². The van der Waals surface area contributed by atoms with E-state index in [1.807, 2.05) is 13.8 Å². The second kappa shape index (κ2) is 7.23. The first-order chi connectivity index (χ1) is 14.0. The van der Waals surface area contributed by atoms with Crippen LogP contribution in [0.15, 0.2) is 22.7 Å². The van der Waals surface area contributed by atoms with E-state index in [0.717, 1.165) is 78.0 Å². The molecular formula is C22H28N4O3. The van der Waals surface area contributed by atoms with Crippen LogP contribution in [0, 0.1) is 13.8 Å². The van der Waals surface area contributed by atoms with Gasteiger partial charge in [0, 0.05) is 11.6 Å². The predicted octanol–water partition coefficient (Wildman–Crippen LogP) is 3.53. The van der Waals surface area contributed by atoms with Crippen LogP contribution in [-0.4, -0.2) is 37.3 Å². The summed E-state index contributed by atoms with van der Waals surface area (Å²) in [5, 5.41) is 27.3. The Balaban J connectivity index is 1.62. The van der Waals surface area contributed by atoms with Crippen LogP contribution in [0.1, 0.15) is 67.9 Å². The molecule has 2 atom stereocenters. The van der Waals surface area contributed by atoms with Crippen molar-refractivity contribution in [2.45, 2.75) is 76.8 Å². The molecule has 1 saturated carbocycles. The monoisotopic (exact) mass is 396 g/mol. The molecule has 0 amide bonds. The molecule has 5 rings (SSSR count). The maximum atomic E-state index is 10.0. The summed E-state index contributed by atoms with van der Waals surface area (Å²) in [6.45, 7) is 3.89. The van der Waals surface area contributed by atoms with Crippen molar-refractivity contribution in [2.24, 2.45) is 0 Å². The average molecular weight is 396 g/mol. The molecule has 2 aromatic heterocycles. The van der Waals surface area contributed by atoms with Gasteiger partial charge in [0.1, 0.15) is 17.8 Å². The summed E-state index contributed by atoms with van der Waals surface area (Å²) < 4.78 is 7.71. The molecule has 1 aliphatic heterocycles. The predicted molar refractivity (Wildman–Crippen MR) is 109 cm³/mol. The summed E-state index contributed by atoms with van der Waals surface area (Å²) in [5.41, 5.74) is 5.02. The Hall–Kier alpha value is -2.22. The van der Waals surface area contributed by atoms with E-state index in [0.29, 0.717) is 6.04 Å². The number of aromatic nitrogens is 3. The lowest BCUT2D eigenvalue weighted by atomic mass is 9.92. The molecule has 1 aliphatic carbocycles. The van der Waals surface area contributed by atoms with E-state index in [4.69, 9.17) is 9.51 Å². The van der Waals surface area contributed by atoms with Crippen molar-refractivity contribution in [3.05, 3.63) is 35.5 Å². The first-order valence-electron chi connectivity index (χ1n) is 10.6. The van der Waals surface area contributed by atoms with Crippen LogP contribution in [0.25, 0.3) is 22.2 Å². The standard InChI is InChI=1S/C22H28N4O3/c1-12-21(13(2)29-25-12)14-3-9-19-18(11-14)24-22(17-8-10-20(28)23-17)26(19)15-4-6-16(27)7-5-15/h3,9,11,15-17,20,23,27-28H,4-8,10H2,1-2H3/t15-,16-,17-,20?/m0/s1. The van der Waals surface area contributed by atoms with Gasteiger partial charge in [-0.1, -0.05) is 11.2 Å². The number of aryl methyl sites for hydroxylation is 2. The van der Waals surface area contributed by atoms with Gasteiger partial charge in [0.15, 0.2) is 0 Å². The van der Waals surface area contributed by atoms with Crippen molar-refractivity contribution in [3.8, 4) is 11.1 Å². The van der Waals surface area contributed by atoms with Gasteiger partial charge in [-0.2, -0.15) is 0 Å². The van der Waals surface area contributed by atoms with Crippen LogP contribution < -0.4 is 5.32 Å². The molecule has 29 heavy (non-hydrogen) atoms. The van der Waals surface area contributed by atoms with E-state index < -0.39 is 6.23 Å². The van der Waals surface area contributed by atoms with Crippen molar-refractivity contribution in [1.82, 2.24) is 20.0 Å². The largest absolute Gasteiger partial charge is 0.393 e. The fourth-order valence-electron chi connectivity index (χ4n) is 5.04. The summed E-state index contributed by atoms with van der Waals surface area (Å²) in [7, 11) is 0. The molecular weight excluding hydrogens is 368 g/mol. The zero-order chi connectivity index (χ0) is 20.1. The van der Waals surface area contributed by atoms with E-state index in [2.05, 4.69) is 33.2 Å². The summed E-state index contributed by atoms with van der Waals surface area (Å²) >= 11 is 0. The van der Waals surface area contributed by atoms with Gasteiger partial charge in [-0.15, -0.1) is 0 Å². The number of rotatable bonds is 3. The van der Waals surface area contributed by atoms with Crippen LogP contribution >= 0.6 is 0 Å². The molecule has 0 bridgehead atoms. The molecule has 3 heterocycles. The maximum absolute atomic E-state index is 10.0. The van der Waals surface area contributed by atoms with Gasteiger partial charge >= 0.3 is 0 Å². The minimum absolute atomic E-state index is 0.0479. The number of aliphatic hydroxyl groups excluding tert-OH is 2. The summed E-state index contributed by atoms with van der Waals surface area (Å²) in [6.07, 6.45) is 4.48. The van der Waals surface area contributed by atoms with Crippen LogP contribution in [0.5, 0.6) is 0 Å². The normalized spacial score (nSPS) is 27.7. The fraction of sp³-hybridized carbons (Fsp3) is 0.545. The molecule has 0 radical (unpaired) electrons. The lowest BCUT2D eigenvalue weighted by Gasteiger charge is -2.29. The number of benzene rings is 1. The van der Waals surface area contributed by atoms with Crippen LogP contribution in [0.3, 0.4) is 0 Å². The zero-order valence-electron chi connectivity index (χ0n) is 16.9. The Kier molecular flexibility index (Phi) is 4.69. The number of fused-ring (bicyclic) bond motifs is 1. The molecule has 7 heteroatoms. The van der Waals surface area contributed by atoms with Gasteiger partial charge in [0.05, 0.1) is 28.9 Å². The molecule has 2 aliphatic rings. The first kappa shape index (κ1) is 18.8. The molecule has 7 nitrogen and oxygen atoms in total. The van der Waals surface area contributed by atoms with Crippen molar-refractivity contribution >= 4 is 11.0 Å². The third kappa shape index (κ3) is 3.27. The molecule has 1 unspecified atom stereocenters. The molecule has 3 aromatic rings. The lowest BCUT2D eigenvalue weighted by Crippen LogP contribution is -2.28. The van der Waals surface area contributed by atoms with E-state index in [1.54, 1.807) is 0 Å². The van der Waals surface area contributed by atoms with E-state index >= 15 is 0 Å². The minimum atomic E-state index is -0.473. The smallest absolute Gasteiger partial charge is 0.141 e. The highest BCUT2D eigenvalue weighted by atomic mass is 16.5. The van der Waals surface area contributed by atoms with Crippen molar-refractivity contribution in [3.63, 3.8) is 0 Å². The van der Waals surface area contributed by atoms with Crippen LogP contribution in [0.2, 0.25) is 0 Å². The van der Waals surface area contributed by atoms with Crippen molar-refractivity contribution in [2.75, 3.05) is 0 Å². The SMILES string of the molecule is Cc1noc(C)c1-c1ccc2c(c1)nc([C@@H]1CCC(O)N1)n2[C@H]1CC[C@H](O)CC1. The average Bonchev–Trinajstić information content (AvgIpc) is 3.39. The first-order valence-corrected chi connectivity index (χ1v) is 10.6. The molecule has 1 saturated heterocycles. The Morgan fingerprint density at radius 2 is 1.86 bits per heavy atom. The van der Waals surface area contributed by atoms with Gasteiger partial charge in [0.25, 0.3) is 0 Å². The molecule has 3 N–H and O–H groups in total. The minimum Gasteiger partial charge on any atom is -0.393 e. The van der Waals surface area contributed by atoms with E-state index in [-0.39, 0.29) is 12.1 Å². The summed E-state index contributed by atoms with van der Waals surface area (Å²) in [6, 6.07) is 6.74. The third-order valence-corrected chi connectivity index (χ3v) is 6.50. The highest BCUT2D eigenvalue weighted by molar-refractivity contribution is 5.84. The second-order valence-corrected chi connectivity index (χ2v) is 8.52. The lowest BCUT2D eigenvalue weighted by molar-refractivity contribution is 0.110. The fourth-order valence-corrected chi connectivity index (χ4v) is 5.04. The molecule has 0 spiro atoms. The summed E-state index contributed by atoms with van der Waals surface area (Å²) in [5.74, 6) is 1.80. The van der Waals surface area contributed by atoms with Gasteiger partial charge in [0.2, 0.25) is 0 Å². The Morgan fingerprint density at radius 3 is 2.52 bits per heavy atom. The Labute approximate surface area is 169 Å².